The smallest absolute Gasteiger partial charge is 0.318 e. The molecule has 2 fully saturated rings. The van der Waals surface area contributed by atoms with E-state index in [1.807, 2.05) is 6.92 Å². The van der Waals surface area contributed by atoms with Gasteiger partial charge in [0.1, 0.15) is 5.38 Å². The molecule has 0 spiro atoms. The normalized spacial score (nSPS) is 27.0. The van der Waals surface area contributed by atoms with E-state index in [-0.39, 0.29) is 5.38 Å². The van der Waals surface area contributed by atoms with E-state index in [2.05, 4.69) is 20.0 Å². The second-order valence-electron chi connectivity index (χ2n) is 5.17. The average Bonchev–Trinajstić information content (AvgIpc) is 2.95. The maximum Gasteiger partial charge on any atom is 0.318 e. The Morgan fingerprint density at radius 1 is 1.28 bits per heavy atom. The van der Waals surface area contributed by atoms with Crippen LogP contribution in [0.1, 0.15) is 37.5 Å². The van der Waals surface area contributed by atoms with Crippen molar-refractivity contribution in [1.29, 1.82) is 0 Å². The molecule has 6 heteroatoms. The lowest BCUT2D eigenvalue weighted by Gasteiger charge is -2.24. The number of nitrogens with zero attached hydrogens (tertiary/aromatic N) is 4. The number of rotatable bonds is 2. The summed E-state index contributed by atoms with van der Waals surface area (Å²) in [5.41, 5.74) is 0. The van der Waals surface area contributed by atoms with Crippen LogP contribution in [0.4, 0.5) is 6.01 Å². The summed E-state index contributed by atoms with van der Waals surface area (Å²) >= 11 is 5.95. The SMILES string of the molecule is CC(Cl)c1nnc(N2CCCN3CCCC3C2)o1. The summed E-state index contributed by atoms with van der Waals surface area (Å²) in [5, 5.41) is 7.91. The van der Waals surface area contributed by atoms with Crippen LogP contribution >= 0.6 is 11.6 Å². The zero-order valence-corrected chi connectivity index (χ0v) is 11.4. The average molecular weight is 271 g/mol. The second kappa shape index (κ2) is 5.05. The van der Waals surface area contributed by atoms with Gasteiger partial charge in [-0.15, -0.1) is 16.7 Å². The molecular formula is C12H19ClN4O. The molecule has 2 aliphatic heterocycles. The molecule has 3 heterocycles. The minimum atomic E-state index is -0.221. The van der Waals surface area contributed by atoms with E-state index in [0.717, 1.165) is 19.5 Å². The van der Waals surface area contributed by atoms with Gasteiger partial charge in [0.25, 0.3) is 0 Å². The molecule has 0 N–H and O–H groups in total. The highest BCUT2D eigenvalue weighted by molar-refractivity contribution is 6.20. The fourth-order valence-electron chi connectivity index (χ4n) is 2.90. The van der Waals surface area contributed by atoms with Gasteiger partial charge in [-0.25, -0.2) is 0 Å². The van der Waals surface area contributed by atoms with E-state index in [9.17, 15) is 0 Å². The molecular weight excluding hydrogens is 252 g/mol. The third-order valence-corrected chi connectivity index (χ3v) is 4.03. The molecule has 3 rings (SSSR count). The number of fused-ring (bicyclic) bond motifs is 1. The van der Waals surface area contributed by atoms with Gasteiger partial charge in [-0.1, -0.05) is 5.10 Å². The van der Waals surface area contributed by atoms with E-state index in [0.29, 0.717) is 17.9 Å². The Morgan fingerprint density at radius 2 is 2.11 bits per heavy atom. The number of halogens is 1. The van der Waals surface area contributed by atoms with Gasteiger partial charge in [0.05, 0.1) is 0 Å². The third-order valence-electron chi connectivity index (χ3n) is 3.84. The van der Waals surface area contributed by atoms with Gasteiger partial charge in [0.15, 0.2) is 0 Å². The molecule has 0 aliphatic carbocycles. The van der Waals surface area contributed by atoms with Crippen LogP contribution in [-0.4, -0.2) is 47.3 Å². The van der Waals surface area contributed by atoms with Gasteiger partial charge < -0.3 is 9.32 Å². The van der Waals surface area contributed by atoms with E-state index in [4.69, 9.17) is 16.0 Å². The molecule has 18 heavy (non-hydrogen) atoms. The Balaban J connectivity index is 1.74. The predicted octanol–water partition coefficient (Wildman–Crippen LogP) is 2.04. The lowest BCUT2D eigenvalue weighted by atomic mass is 10.2. The molecule has 2 unspecified atom stereocenters. The van der Waals surface area contributed by atoms with Crippen molar-refractivity contribution in [3.63, 3.8) is 0 Å². The zero-order valence-electron chi connectivity index (χ0n) is 10.7. The first-order valence-electron chi connectivity index (χ1n) is 6.70. The van der Waals surface area contributed by atoms with E-state index in [1.165, 1.54) is 25.9 Å². The van der Waals surface area contributed by atoms with E-state index >= 15 is 0 Å². The maximum atomic E-state index is 5.95. The lowest BCUT2D eigenvalue weighted by molar-refractivity contribution is 0.272. The Kier molecular flexibility index (Phi) is 3.43. The number of hydrogen-bond donors (Lipinski definition) is 0. The van der Waals surface area contributed by atoms with Gasteiger partial charge in [0, 0.05) is 25.7 Å². The molecule has 1 aromatic rings. The lowest BCUT2D eigenvalue weighted by Crippen LogP contribution is -2.36. The van der Waals surface area contributed by atoms with Crippen LogP contribution in [0.5, 0.6) is 0 Å². The summed E-state index contributed by atoms with van der Waals surface area (Å²) in [6.45, 7) is 6.27. The summed E-state index contributed by atoms with van der Waals surface area (Å²) in [6, 6.07) is 1.28. The molecule has 0 amide bonds. The molecule has 2 atom stereocenters. The predicted molar refractivity (Wildman–Crippen MR) is 70.0 cm³/mol. The Hall–Kier alpha value is -0.810. The number of aromatic nitrogens is 2. The number of alkyl halides is 1. The van der Waals surface area contributed by atoms with Gasteiger partial charge >= 0.3 is 6.01 Å². The van der Waals surface area contributed by atoms with E-state index < -0.39 is 0 Å². The molecule has 0 radical (unpaired) electrons. The molecule has 5 nitrogen and oxygen atoms in total. The van der Waals surface area contributed by atoms with Gasteiger partial charge in [-0.3, -0.25) is 4.90 Å². The molecule has 2 aliphatic rings. The summed E-state index contributed by atoms with van der Waals surface area (Å²) in [5.74, 6) is 0.513. The maximum absolute atomic E-state index is 5.95. The highest BCUT2D eigenvalue weighted by Gasteiger charge is 2.30. The first-order chi connectivity index (χ1) is 8.74. The first-order valence-corrected chi connectivity index (χ1v) is 7.14. The largest absolute Gasteiger partial charge is 0.406 e. The highest BCUT2D eigenvalue weighted by atomic mass is 35.5. The summed E-state index contributed by atoms with van der Waals surface area (Å²) in [6.07, 6.45) is 3.75. The standard InChI is InChI=1S/C12H19ClN4O/c1-9(13)11-14-15-12(18-11)17-7-3-6-16-5-2-4-10(16)8-17/h9-10H,2-8H2,1H3. The van der Waals surface area contributed by atoms with Crippen LogP contribution in [0.3, 0.4) is 0 Å². The second-order valence-corrected chi connectivity index (χ2v) is 5.83. The Labute approximate surface area is 112 Å². The van der Waals surface area contributed by atoms with Crippen LogP contribution in [-0.2, 0) is 0 Å². The van der Waals surface area contributed by atoms with Crippen molar-refractivity contribution in [1.82, 2.24) is 15.1 Å². The number of anilines is 1. The van der Waals surface area contributed by atoms with Crippen LogP contribution in [0.25, 0.3) is 0 Å². The van der Waals surface area contributed by atoms with E-state index in [1.54, 1.807) is 0 Å². The van der Waals surface area contributed by atoms with Crippen molar-refractivity contribution >= 4 is 17.6 Å². The van der Waals surface area contributed by atoms with Crippen molar-refractivity contribution < 1.29 is 4.42 Å². The molecule has 100 valence electrons. The molecule has 0 aromatic carbocycles. The quantitative estimate of drug-likeness (QED) is 0.770. The van der Waals surface area contributed by atoms with Crippen LogP contribution < -0.4 is 4.90 Å². The van der Waals surface area contributed by atoms with Gasteiger partial charge in [-0.2, -0.15) is 0 Å². The molecule has 0 bridgehead atoms. The van der Waals surface area contributed by atoms with Gasteiger partial charge in [0.2, 0.25) is 5.89 Å². The van der Waals surface area contributed by atoms with Crippen LogP contribution in [0.2, 0.25) is 0 Å². The van der Waals surface area contributed by atoms with Crippen LogP contribution in [0.15, 0.2) is 4.42 Å². The minimum Gasteiger partial charge on any atom is -0.406 e. The molecule has 1 aromatic heterocycles. The Morgan fingerprint density at radius 3 is 2.89 bits per heavy atom. The zero-order chi connectivity index (χ0) is 12.5. The monoisotopic (exact) mass is 270 g/mol. The molecule has 2 saturated heterocycles. The third kappa shape index (κ3) is 2.34. The highest BCUT2D eigenvalue weighted by Crippen LogP contribution is 2.26. The fourth-order valence-corrected chi connectivity index (χ4v) is 2.98. The Bertz CT molecular complexity index is 409. The topological polar surface area (TPSA) is 45.4 Å². The van der Waals surface area contributed by atoms with Crippen LogP contribution in [0, 0.1) is 0 Å². The minimum absolute atomic E-state index is 0.221. The summed E-state index contributed by atoms with van der Waals surface area (Å²) in [4.78, 5) is 4.80. The van der Waals surface area contributed by atoms with Crippen molar-refractivity contribution in [2.45, 2.75) is 37.6 Å². The van der Waals surface area contributed by atoms with Crippen molar-refractivity contribution in [3.05, 3.63) is 5.89 Å². The van der Waals surface area contributed by atoms with Gasteiger partial charge in [-0.05, 0) is 32.7 Å². The summed E-state index contributed by atoms with van der Waals surface area (Å²) in [7, 11) is 0. The number of hydrogen-bond acceptors (Lipinski definition) is 5. The summed E-state index contributed by atoms with van der Waals surface area (Å²) < 4.78 is 5.64. The van der Waals surface area contributed by atoms with Crippen molar-refractivity contribution in [3.8, 4) is 0 Å². The fraction of sp³-hybridized carbons (Fsp3) is 0.833. The van der Waals surface area contributed by atoms with Crippen molar-refractivity contribution in [2.24, 2.45) is 0 Å². The molecule has 0 saturated carbocycles. The first kappa shape index (κ1) is 12.2. The van der Waals surface area contributed by atoms with Crippen molar-refractivity contribution in [2.75, 3.05) is 31.1 Å².